The molecule has 6 heteroatoms. The average molecular weight is 329 g/mol. The lowest BCUT2D eigenvalue weighted by Crippen LogP contribution is -2.30. The minimum atomic E-state index is 0.237. The molecule has 0 heterocycles. The third-order valence-electron chi connectivity index (χ3n) is 3.32. The van der Waals surface area contributed by atoms with Gasteiger partial charge in [-0.3, -0.25) is 0 Å². The van der Waals surface area contributed by atoms with Gasteiger partial charge in [0.15, 0.2) is 17.5 Å². The van der Waals surface area contributed by atoms with E-state index in [1.54, 1.807) is 32.4 Å². The van der Waals surface area contributed by atoms with E-state index in [4.69, 9.17) is 9.47 Å². The molecule has 128 valence electrons. The highest BCUT2D eigenvalue weighted by atomic mass is 16.5. The molecule has 2 rings (SSSR count). The zero-order valence-corrected chi connectivity index (χ0v) is 14.2. The van der Waals surface area contributed by atoms with Crippen LogP contribution in [0.3, 0.4) is 0 Å². The minimum absolute atomic E-state index is 0.237. The molecule has 2 aromatic rings. The van der Waals surface area contributed by atoms with Crippen molar-refractivity contribution in [1.29, 1.82) is 0 Å². The highest BCUT2D eigenvalue weighted by molar-refractivity contribution is 5.93. The first-order valence-corrected chi connectivity index (χ1v) is 7.71. The topological polar surface area (TPSA) is 75.1 Å². The van der Waals surface area contributed by atoms with Crippen LogP contribution in [0.4, 0.5) is 5.69 Å². The molecule has 0 aliphatic carbocycles. The van der Waals surface area contributed by atoms with Crippen molar-refractivity contribution in [2.24, 2.45) is 4.99 Å². The van der Waals surface area contributed by atoms with E-state index in [0.29, 0.717) is 24.0 Å². The number of methoxy groups -OCH3 is 2. The van der Waals surface area contributed by atoms with Crippen molar-refractivity contribution in [2.75, 3.05) is 26.1 Å². The Morgan fingerprint density at radius 2 is 1.88 bits per heavy atom. The number of aliphatic imine (C=N–C) groups is 1. The number of aromatic hydroxyl groups is 1. The fourth-order valence-corrected chi connectivity index (χ4v) is 2.18. The van der Waals surface area contributed by atoms with Gasteiger partial charge in [-0.15, -0.1) is 0 Å². The number of ether oxygens (including phenoxy) is 2. The van der Waals surface area contributed by atoms with Crippen LogP contribution in [0.2, 0.25) is 0 Å². The maximum Gasteiger partial charge on any atom is 0.196 e. The number of nitrogens with zero attached hydrogens (tertiary/aromatic N) is 1. The molecule has 0 atom stereocenters. The Kier molecular flexibility index (Phi) is 6.31. The van der Waals surface area contributed by atoms with E-state index in [9.17, 15) is 5.11 Å². The standard InChI is InChI=1S/C18H23N3O3/c1-4-19-18(20-12-13-6-5-7-15(22)10-13)21-14-8-9-16(23-2)17(11-14)24-3/h5-11,22H,4,12H2,1-3H3,(H2,19,20,21). The monoisotopic (exact) mass is 329 g/mol. The van der Waals surface area contributed by atoms with Crippen molar-refractivity contribution in [3.63, 3.8) is 0 Å². The van der Waals surface area contributed by atoms with Gasteiger partial charge in [-0.1, -0.05) is 12.1 Å². The first-order chi connectivity index (χ1) is 11.7. The zero-order valence-electron chi connectivity index (χ0n) is 14.2. The molecule has 2 aromatic carbocycles. The molecule has 0 amide bonds. The normalized spacial score (nSPS) is 11.0. The van der Waals surface area contributed by atoms with Crippen LogP contribution in [0.15, 0.2) is 47.5 Å². The van der Waals surface area contributed by atoms with Crippen LogP contribution < -0.4 is 20.1 Å². The molecule has 0 saturated heterocycles. The Bertz CT molecular complexity index is 702. The number of benzene rings is 2. The van der Waals surface area contributed by atoms with Crippen LogP contribution >= 0.6 is 0 Å². The lowest BCUT2D eigenvalue weighted by atomic mass is 10.2. The molecule has 0 spiro atoms. The molecule has 3 N–H and O–H groups in total. The van der Waals surface area contributed by atoms with E-state index in [1.807, 2.05) is 31.2 Å². The summed E-state index contributed by atoms with van der Waals surface area (Å²) in [5.74, 6) is 2.20. The molecule has 0 aliphatic rings. The molecule has 0 radical (unpaired) electrons. The molecule has 0 unspecified atom stereocenters. The van der Waals surface area contributed by atoms with Gasteiger partial charge in [-0.25, -0.2) is 4.99 Å². The summed E-state index contributed by atoms with van der Waals surface area (Å²) in [6.07, 6.45) is 0. The third kappa shape index (κ3) is 4.81. The number of phenols is 1. The number of hydrogen-bond donors (Lipinski definition) is 3. The second-order valence-electron chi connectivity index (χ2n) is 5.06. The second-order valence-corrected chi connectivity index (χ2v) is 5.06. The Hall–Kier alpha value is -2.89. The first-order valence-electron chi connectivity index (χ1n) is 7.71. The highest BCUT2D eigenvalue weighted by Gasteiger charge is 2.06. The van der Waals surface area contributed by atoms with Crippen molar-refractivity contribution in [3.05, 3.63) is 48.0 Å². The summed E-state index contributed by atoms with van der Waals surface area (Å²) in [5.41, 5.74) is 1.77. The summed E-state index contributed by atoms with van der Waals surface area (Å²) in [4.78, 5) is 4.53. The average Bonchev–Trinajstić information content (AvgIpc) is 2.60. The molecular weight excluding hydrogens is 306 g/mol. The summed E-state index contributed by atoms with van der Waals surface area (Å²) in [5, 5.41) is 15.9. The zero-order chi connectivity index (χ0) is 17.4. The summed E-state index contributed by atoms with van der Waals surface area (Å²) >= 11 is 0. The van der Waals surface area contributed by atoms with Gasteiger partial charge in [-0.05, 0) is 36.8 Å². The van der Waals surface area contributed by atoms with E-state index in [2.05, 4.69) is 15.6 Å². The highest BCUT2D eigenvalue weighted by Crippen LogP contribution is 2.29. The molecule has 0 aromatic heterocycles. The SMILES string of the molecule is CCNC(=NCc1cccc(O)c1)Nc1ccc(OC)c(OC)c1. The van der Waals surface area contributed by atoms with Gasteiger partial charge in [0, 0.05) is 18.3 Å². The summed E-state index contributed by atoms with van der Waals surface area (Å²) in [7, 11) is 3.20. The van der Waals surface area contributed by atoms with Gasteiger partial charge in [0.25, 0.3) is 0 Å². The molecule has 0 aliphatic heterocycles. The molecule has 6 nitrogen and oxygen atoms in total. The van der Waals surface area contributed by atoms with E-state index >= 15 is 0 Å². The van der Waals surface area contributed by atoms with Crippen LogP contribution in [-0.4, -0.2) is 31.8 Å². The second kappa shape index (κ2) is 8.67. The van der Waals surface area contributed by atoms with E-state index in [0.717, 1.165) is 17.8 Å². The number of phenolic OH excluding ortho intramolecular Hbond substituents is 1. The van der Waals surface area contributed by atoms with Crippen LogP contribution in [0.25, 0.3) is 0 Å². The van der Waals surface area contributed by atoms with E-state index < -0.39 is 0 Å². The predicted octanol–water partition coefficient (Wildman–Crippen LogP) is 2.99. The summed E-state index contributed by atoms with van der Waals surface area (Å²) in [6.45, 7) is 3.19. The quantitative estimate of drug-likeness (QED) is 0.561. The van der Waals surface area contributed by atoms with Crippen molar-refractivity contribution in [3.8, 4) is 17.2 Å². The number of nitrogens with one attached hydrogen (secondary N) is 2. The van der Waals surface area contributed by atoms with Crippen LogP contribution in [-0.2, 0) is 6.54 Å². The largest absolute Gasteiger partial charge is 0.508 e. The van der Waals surface area contributed by atoms with Crippen molar-refractivity contribution >= 4 is 11.6 Å². The summed E-state index contributed by atoms with van der Waals surface area (Å²) < 4.78 is 10.5. The van der Waals surface area contributed by atoms with E-state index in [1.165, 1.54) is 0 Å². The summed E-state index contributed by atoms with van der Waals surface area (Å²) in [6, 6.07) is 12.6. The van der Waals surface area contributed by atoms with Crippen molar-refractivity contribution in [2.45, 2.75) is 13.5 Å². The lowest BCUT2D eigenvalue weighted by molar-refractivity contribution is 0.355. The fraction of sp³-hybridized carbons (Fsp3) is 0.278. The first kappa shape index (κ1) is 17.5. The van der Waals surface area contributed by atoms with Crippen LogP contribution in [0.5, 0.6) is 17.2 Å². The Morgan fingerprint density at radius 1 is 1.08 bits per heavy atom. The maximum atomic E-state index is 9.52. The Balaban J connectivity index is 2.14. The Morgan fingerprint density at radius 3 is 2.54 bits per heavy atom. The van der Waals surface area contributed by atoms with Gasteiger partial charge in [0.1, 0.15) is 5.75 Å². The van der Waals surface area contributed by atoms with Crippen LogP contribution in [0, 0.1) is 0 Å². The Labute approximate surface area is 142 Å². The molecule has 0 fully saturated rings. The number of hydrogen-bond acceptors (Lipinski definition) is 4. The fourth-order valence-electron chi connectivity index (χ4n) is 2.18. The van der Waals surface area contributed by atoms with E-state index in [-0.39, 0.29) is 5.75 Å². The van der Waals surface area contributed by atoms with Gasteiger partial charge in [0.05, 0.1) is 20.8 Å². The molecule has 0 bridgehead atoms. The van der Waals surface area contributed by atoms with Gasteiger partial charge >= 0.3 is 0 Å². The predicted molar refractivity (Wildman–Crippen MR) is 96.1 cm³/mol. The smallest absolute Gasteiger partial charge is 0.196 e. The minimum Gasteiger partial charge on any atom is -0.508 e. The molecular formula is C18H23N3O3. The van der Waals surface area contributed by atoms with Gasteiger partial charge < -0.3 is 25.2 Å². The third-order valence-corrected chi connectivity index (χ3v) is 3.32. The van der Waals surface area contributed by atoms with Crippen molar-refractivity contribution < 1.29 is 14.6 Å². The van der Waals surface area contributed by atoms with Crippen LogP contribution in [0.1, 0.15) is 12.5 Å². The molecule has 24 heavy (non-hydrogen) atoms. The number of rotatable bonds is 6. The number of guanidine groups is 1. The van der Waals surface area contributed by atoms with Gasteiger partial charge in [0.2, 0.25) is 0 Å². The van der Waals surface area contributed by atoms with Gasteiger partial charge in [-0.2, -0.15) is 0 Å². The maximum absolute atomic E-state index is 9.52. The van der Waals surface area contributed by atoms with Crippen molar-refractivity contribution in [1.82, 2.24) is 5.32 Å². The molecule has 0 saturated carbocycles. The lowest BCUT2D eigenvalue weighted by Gasteiger charge is -2.14. The number of anilines is 1.